The van der Waals surface area contributed by atoms with Gasteiger partial charge in [0.15, 0.2) is 0 Å². The number of rotatable bonds is 4. The van der Waals surface area contributed by atoms with Crippen molar-refractivity contribution in [3.8, 4) is 5.75 Å². The number of ether oxygens (including phenoxy) is 1. The molecule has 5 N–H and O–H groups in total. The van der Waals surface area contributed by atoms with Crippen LogP contribution in [0.3, 0.4) is 0 Å². The summed E-state index contributed by atoms with van der Waals surface area (Å²) in [5.41, 5.74) is 12.5. The summed E-state index contributed by atoms with van der Waals surface area (Å²) < 4.78 is 5.39. The van der Waals surface area contributed by atoms with E-state index in [2.05, 4.69) is 15.5 Å². The Morgan fingerprint density at radius 2 is 2.18 bits per heavy atom. The van der Waals surface area contributed by atoms with E-state index in [1.54, 1.807) is 6.07 Å². The highest BCUT2D eigenvalue weighted by molar-refractivity contribution is 5.93. The number of amides is 1. The van der Waals surface area contributed by atoms with Gasteiger partial charge in [-0.05, 0) is 26.0 Å². The quantitative estimate of drug-likeness (QED) is 0.380. The molecule has 0 fully saturated rings. The minimum atomic E-state index is -0.491. The molecule has 92 valence electrons. The number of guanidine groups is 1. The highest BCUT2D eigenvalue weighted by atomic mass is 16.5. The third-order valence-corrected chi connectivity index (χ3v) is 1.63. The topological polar surface area (TPSA) is 116 Å². The Labute approximate surface area is 98.8 Å². The normalized spacial score (nSPS) is 9.82. The van der Waals surface area contributed by atoms with E-state index >= 15 is 0 Å². The molecule has 7 nitrogen and oxygen atoms in total. The van der Waals surface area contributed by atoms with Gasteiger partial charge in [-0.15, -0.1) is 5.10 Å². The predicted octanol–water partition coefficient (Wildman–Crippen LogP) is -0.213. The zero-order valence-corrected chi connectivity index (χ0v) is 9.68. The summed E-state index contributed by atoms with van der Waals surface area (Å²) in [6.07, 6.45) is 1.52. The lowest BCUT2D eigenvalue weighted by atomic mass is 10.3. The molecule has 1 aromatic rings. The standard InChI is InChI=1S/C10H15N5O2/c1-6(2)17-7-3-4-8(13-5-7)9(16)14-15-10(11)12/h3-6H,1-2H3,(H,14,16)(H4,11,12,15). The highest BCUT2D eigenvalue weighted by Gasteiger charge is 2.06. The van der Waals surface area contributed by atoms with Crippen molar-refractivity contribution < 1.29 is 9.53 Å². The van der Waals surface area contributed by atoms with Crippen LogP contribution in [0.2, 0.25) is 0 Å². The summed E-state index contributed by atoms with van der Waals surface area (Å²) >= 11 is 0. The molecule has 0 bridgehead atoms. The average molecular weight is 237 g/mol. The summed E-state index contributed by atoms with van der Waals surface area (Å²) in [5, 5.41) is 3.37. The fourth-order valence-electron chi connectivity index (χ4n) is 1.03. The van der Waals surface area contributed by atoms with Crippen LogP contribution in [0.25, 0.3) is 0 Å². The molecular formula is C10H15N5O2. The van der Waals surface area contributed by atoms with E-state index in [0.29, 0.717) is 5.75 Å². The second-order valence-electron chi connectivity index (χ2n) is 3.52. The van der Waals surface area contributed by atoms with Gasteiger partial charge in [0, 0.05) is 0 Å². The van der Waals surface area contributed by atoms with E-state index in [-0.39, 0.29) is 17.8 Å². The predicted molar refractivity (Wildman–Crippen MR) is 63.3 cm³/mol. The highest BCUT2D eigenvalue weighted by Crippen LogP contribution is 2.10. The van der Waals surface area contributed by atoms with Gasteiger partial charge in [0.1, 0.15) is 11.4 Å². The van der Waals surface area contributed by atoms with Crippen molar-refractivity contribution in [1.82, 2.24) is 10.4 Å². The molecule has 0 atom stereocenters. The van der Waals surface area contributed by atoms with E-state index < -0.39 is 5.91 Å². The van der Waals surface area contributed by atoms with Gasteiger partial charge >= 0.3 is 0 Å². The van der Waals surface area contributed by atoms with Gasteiger partial charge in [0.2, 0.25) is 5.96 Å². The molecule has 1 aromatic heterocycles. The largest absolute Gasteiger partial charge is 0.489 e. The van der Waals surface area contributed by atoms with Crippen molar-refractivity contribution in [2.24, 2.45) is 16.6 Å². The van der Waals surface area contributed by atoms with Crippen LogP contribution in [0.4, 0.5) is 0 Å². The van der Waals surface area contributed by atoms with Crippen LogP contribution in [-0.4, -0.2) is 23.0 Å². The minimum absolute atomic E-state index is 0.0538. The molecule has 1 heterocycles. The molecule has 7 heteroatoms. The number of carbonyl (C=O) groups is 1. The van der Waals surface area contributed by atoms with Gasteiger partial charge in [-0.25, -0.2) is 10.4 Å². The molecule has 0 aliphatic carbocycles. The molecule has 1 rings (SSSR count). The number of carbonyl (C=O) groups excluding carboxylic acids is 1. The number of hydrazone groups is 1. The van der Waals surface area contributed by atoms with Crippen molar-refractivity contribution in [3.05, 3.63) is 24.0 Å². The average Bonchev–Trinajstić information content (AvgIpc) is 2.26. The molecule has 0 saturated heterocycles. The van der Waals surface area contributed by atoms with Crippen LogP contribution in [0, 0.1) is 0 Å². The van der Waals surface area contributed by atoms with Crippen LogP contribution in [0.15, 0.2) is 23.4 Å². The van der Waals surface area contributed by atoms with Gasteiger partial charge in [-0.2, -0.15) is 0 Å². The van der Waals surface area contributed by atoms with Gasteiger partial charge in [0.25, 0.3) is 5.91 Å². The van der Waals surface area contributed by atoms with Crippen LogP contribution in [0.1, 0.15) is 24.3 Å². The lowest BCUT2D eigenvalue weighted by Gasteiger charge is -2.08. The first-order valence-corrected chi connectivity index (χ1v) is 5.00. The number of nitrogens with one attached hydrogen (secondary N) is 1. The fourth-order valence-corrected chi connectivity index (χ4v) is 1.03. The molecule has 0 aliphatic heterocycles. The Bertz CT molecular complexity index is 409. The Morgan fingerprint density at radius 1 is 1.47 bits per heavy atom. The SMILES string of the molecule is CC(C)Oc1ccc(C(=O)NN=C(N)N)nc1. The van der Waals surface area contributed by atoms with Crippen molar-refractivity contribution in [3.63, 3.8) is 0 Å². The third kappa shape index (κ3) is 4.37. The van der Waals surface area contributed by atoms with Crippen LogP contribution < -0.4 is 21.6 Å². The van der Waals surface area contributed by atoms with E-state index in [1.165, 1.54) is 12.3 Å². The zero-order valence-electron chi connectivity index (χ0n) is 9.68. The molecule has 0 aromatic carbocycles. The maximum absolute atomic E-state index is 11.5. The first-order chi connectivity index (χ1) is 7.99. The molecule has 0 saturated carbocycles. The molecule has 0 unspecified atom stereocenters. The number of nitrogens with zero attached hydrogens (tertiary/aromatic N) is 2. The second-order valence-corrected chi connectivity index (χ2v) is 3.52. The monoisotopic (exact) mass is 237 g/mol. The number of pyridine rings is 1. The second kappa shape index (κ2) is 5.69. The van der Waals surface area contributed by atoms with E-state index in [1.807, 2.05) is 13.8 Å². The van der Waals surface area contributed by atoms with Crippen molar-refractivity contribution >= 4 is 11.9 Å². The summed E-state index contributed by atoms with van der Waals surface area (Å²) in [7, 11) is 0. The van der Waals surface area contributed by atoms with Gasteiger partial charge in [-0.3, -0.25) is 4.79 Å². The number of nitrogens with two attached hydrogens (primary N) is 2. The summed E-state index contributed by atoms with van der Waals surface area (Å²) in [5.74, 6) is -0.119. The molecule has 1 amide bonds. The maximum atomic E-state index is 11.5. The Kier molecular flexibility index (Phi) is 4.27. The molecule has 17 heavy (non-hydrogen) atoms. The first kappa shape index (κ1) is 12.8. The Hall–Kier alpha value is -2.31. The lowest BCUT2D eigenvalue weighted by molar-refractivity contribution is 0.0949. The smallest absolute Gasteiger partial charge is 0.290 e. The molecule has 0 radical (unpaired) electrons. The minimum Gasteiger partial charge on any atom is -0.489 e. The van der Waals surface area contributed by atoms with Crippen LogP contribution >= 0.6 is 0 Å². The molecular weight excluding hydrogens is 222 g/mol. The van der Waals surface area contributed by atoms with Gasteiger partial charge in [0.05, 0.1) is 12.3 Å². The van der Waals surface area contributed by atoms with E-state index in [9.17, 15) is 4.79 Å². The zero-order chi connectivity index (χ0) is 12.8. The molecule has 0 spiro atoms. The summed E-state index contributed by atoms with van der Waals surface area (Å²) in [6.45, 7) is 3.80. The summed E-state index contributed by atoms with van der Waals surface area (Å²) in [4.78, 5) is 15.4. The van der Waals surface area contributed by atoms with Crippen molar-refractivity contribution in [2.45, 2.75) is 20.0 Å². The first-order valence-electron chi connectivity index (χ1n) is 5.00. The van der Waals surface area contributed by atoms with Crippen LogP contribution in [-0.2, 0) is 0 Å². The fraction of sp³-hybridized carbons (Fsp3) is 0.300. The number of hydrogen-bond donors (Lipinski definition) is 3. The van der Waals surface area contributed by atoms with Gasteiger partial charge in [-0.1, -0.05) is 0 Å². The Balaban J connectivity index is 2.67. The van der Waals surface area contributed by atoms with Crippen molar-refractivity contribution in [1.29, 1.82) is 0 Å². The van der Waals surface area contributed by atoms with Crippen LogP contribution in [0.5, 0.6) is 5.75 Å². The van der Waals surface area contributed by atoms with E-state index in [4.69, 9.17) is 16.2 Å². The number of hydrogen-bond acceptors (Lipinski definition) is 4. The Morgan fingerprint density at radius 3 is 2.65 bits per heavy atom. The number of aromatic nitrogens is 1. The van der Waals surface area contributed by atoms with Gasteiger partial charge < -0.3 is 16.2 Å². The van der Waals surface area contributed by atoms with E-state index in [0.717, 1.165) is 0 Å². The third-order valence-electron chi connectivity index (χ3n) is 1.63. The maximum Gasteiger partial charge on any atom is 0.290 e. The molecule has 0 aliphatic rings. The summed E-state index contributed by atoms with van der Waals surface area (Å²) in [6, 6.07) is 3.17. The van der Waals surface area contributed by atoms with Crippen molar-refractivity contribution in [2.75, 3.05) is 0 Å². The lowest BCUT2D eigenvalue weighted by Crippen LogP contribution is -2.29.